The van der Waals surface area contributed by atoms with E-state index in [0.717, 1.165) is 18.4 Å². The van der Waals surface area contributed by atoms with Crippen LogP contribution in [0.3, 0.4) is 0 Å². The number of aryl methyl sites for hydroxylation is 1. The summed E-state index contributed by atoms with van der Waals surface area (Å²) in [6.45, 7) is 9.10. The number of rotatable bonds is 8. The molecule has 0 saturated heterocycles. The summed E-state index contributed by atoms with van der Waals surface area (Å²) < 4.78 is 0. The maximum Gasteiger partial charge on any atom is 0.315 e. The molecule has 2 atom stereocenters. The first-order chi connectivity index (χ1) is 10.4. The van der Waals surface area contributed by atoms with Crippen molar-refractivity contribution in [3.8, 4) is 0 Å². The molecule has 0 saturated carbocycles. The lowest BCUT2D eigenvalue weighted by atomic mass is 9.94. The SMILES string of the molecule is Cc1ccc(C(C)NC(=O)NCC(CCO)CC(C)C)cc1. The molecular formula is C18H30N2O2. The molecule has 3 N–H and O–H groups in total. The molecule has 1 aromatic carbocycles. The molecule has 1 aromatic rings. The minimum Gasteiger partial charge on any atom is -0.396 e. The van der Waals surface area contributed by atoms with E-state index in [9.17, 15) is 4.79 Å². The van der Waals surface area contributed by atoms with Gasteiger partial charge in [-0.1, -0.05) is 43.7 Å². The summed E-state index contributed by atoms with van der Waals surface area (Å²) in [5.74, 6) is 0.887. The van der Waals surface area contributed by atoms with Crippen LogP contribution in [0.4, 0.5) is 4.79 Å². The highest BCUT2D eigenvalue weighted by atomic mass is 16.3. The van der Waals surface area contributed by atoms with Gasteiger partial charge in [0.2, 0.25) is 0 Å². The van der Waals surface area contributed by atoms with Crippen molar-refractivity contribution in [3.63, 3.8) is 0 Å². The highest BCUT2D eigenvalue weighted by Gasteiger charge is 2.13. The first kappa shape index (κ1) is 18.5. The molecule has 2 amide bonds. The van der Waals surface area contributed by atoms with E-state index < -0.39 is 0 Å². The van der Waals surface area contributed by atoms with Crippen LogP contribution in [0.1, 0.15) is 50.8 Å². The Kier molecular flexibility index (Phi) is 7.96. The minimum atomic E-state index is -0.153. The number of carbonyl (C=O) groups excluding carboxylic acids is 1. The standard InChI is InChI=1S/C18H30N2O2/c1-13(2)11-16(9-10-21)12-19-18(22)20-15(4)17-7-5-14(3)6-8-17/h5-8,13,15-16,21H,9-12H2,1-4H3,(H2,19,20,22). The van der Waals surface area contributed by atoms with Gasteiger partial charge in [0, 0.05) is 13.2 Å². The fraction of sp³-hybridized carbons (Fsp3) is 0.611. The second-order valence-electron chi connectivity index (χ2n) is 6.49. The van der Waals surface area contributed by atoms with Crippen LogP contribution in [0, 0.1) is 18.8 Å². The molecule has 22 heavy (non-hydrogen) atoms. The molecule has 0 aliphatic rings. The number of amides is 2. The van der Waals surface area contributed by atoms with E-state index in [0.29, 0.717) is 18.4 Å². The molecule has 0 fully saturated rings. The Morgan fingerprint density at radius 3 is 2.36 bits per heavy atom. The fourth-order valence-corrected chi connectivity index (χ4v) is 2.58. The average molecular weight is 306 g/mol. The summed E-state index contributed by atoms with van der Waals surface area (Å²) in [6.07, 6.45) is 1.74. The van der Waals surface area contributed by atoms with E-state index in [1.54, 1.807) is 0 Å². The zero-order valence-electron chi connectivity index (χ0n) is 14.2. The van der Waals surface area contributed by atoms with Gasteiger partial charge < -0.3 is 15.7 Å². The molecule has 0 aliphatic heterocycles. The number of carbonyl (C=O) groups is 1. The minimum absolute atomic E-state index is 0.0259. The number of urea groups is 1. The van der Waals surface area contributed by atoms with Crippen LogP contribution in [-0.4, -0.2) is 24.3 Å². The quantitative estimate of drug-likeness (QED) is 0.689. The molecule has 0 radical (unpaired) electrons. The van der Waals surface area contributed by atoms with Gasteiger partial charge in [-0.25, -0.2) is 4.79 Å². The number of aliphatic hydroxyl groups excluding tert-OH is 1. The summed E-state index contributed by atoms with van der Waals surface area (Å²) in [4.78, 5) is 12.0. The zero-order chi connectivity index (χ0) is 16.5. The Bertz CT molecular complexity index is 443. The van der Waals surface area contributed by atoms with Crippen molar-refractivity contribution < 1.29 is 9.90 Å². The number of hydrogen-bond donors (Lipinski definition) is 3. The molecular weight excluding hydrogens is 276 g/mol. The van der Waals surface area contributed by atoms with Gasteiger partial charge in [-0.3, -0.25) is 0 Å². The molecule has 4 nitrogen and oxygen atoms in total. The Balaban J connectivity index is 2.42. The van der Waals surface area contributed by atoms with Gasteiger partial charge in [0.05, 0.1) is 6.04 Å². The van der Waals surface area contributed by atoms with Crippen molar-refractivity contribution >= 4 is 6.03 Å². The lowest BCUT2D eigenvalue weighted by Crippen LogP contribution is -2.39. The summed E-state index contributed by atoms with van der Waals surface area (Å²) >= 11 is 0. The Labute approximate surface area is 134 Å². The van der Waals surface area contributed by atoms with Crippen LogP contribution >= 0.6 is 0 Å². The maximum absolute atomic E-state index is 12.0. The highest BCUT2D eigenvalue weighted by Crippen LogP contribution is 2.15. The van der Waals surface area contributed by atoms with E-state index in [2.05, 4.69) is 24.5 Å². The van der Waals surface area contributed by atoms with Crippen molar-refractivity contribution in [2.45, 2.75) is 46.6 Å². The van der Waals surface area contributed by atoms with Crippen LogP contribution < -0.4 is 10.6 Å². The van der Waals surface area contributed by atoms with Crippen molar-refractivity contribution in [2.75, 3.05) is 13.2 Å². The van der Waals surface area contributed by atoms with Crippen LogP contribution in [0.2, 0.25) is 0 Å². The molecule has 0 aliphatic carbocycles. The van der Waals surface area contributed by atoms with Gasteiger partial charge in [0.25, 0.3) is 0 Å². The highest BCUT2D eigenvalue weighted by molar-refractivity contribution is 5.74. The predicted octanol–water partition coefficient (Wildman–Crippen LogP) is 3.40. The van der Waals surface area contributed by atoms with Crippen LogP contribution in [0.25, 0.3) is 0 Å². The predicted molar refractivity (Wildman–Crippen MR) is 90.8 cm³/mol. The van der Waals surface area contributed by atoms with Crippen molar-refractivity contribution in [3.05, 3.63) is 35.4 Å². The van der Waals surface area contributed by atoms with E-state index >= 15 is 0 Å². The Morgan fingerprint density at radius 2 is 1.82 bits per heavy atom. The molecule has 0 spiro atoms. The van der Waals surface area contributed by atoms with Gasteiger partial charge in [-0.15, -0.1) is 0 Å². The zero-order valence-corrected chi connectivity index (χ0v) is 14.2. The second-order valence-corrected chi connectivity index (χ2v) is 6.49. The van der Waals surface area contributed by atoms with Gasteiger partial charge in [-0.2, -0.15) is 0 Å². The largest absolute Gasteiger partial charge is 0.396 e. The third kappa shape index (κ3) is 6.94. The lowest BCUT2D eigenvalue weighted by Gasteiger charge is -2.20. The maximum atomic E-state index is 12.0. The Hall–Kier alpha value is -1.55. The van der Waals surface area contributed by atoms with Crippen molar-refractivity contribution in [1.82, 2.24) is 10.6 Å². The monoisotopic (exact) mass is 306 g/mol. The first-order valence-corrected chi connectivity index (χ1v) is 8.14. The van der Waals surface area contributed by atoms with Gasteiger partial charge >= 0.3 is 6.03 Å². The molecule has 4 heteroatoms. The third-order valence-electron chi connectivity index (χ3n) is 3.82. The number of aliphatic hydroxyl groups is 1. The lowest BCUT2D eigenvalue weighted by molar-refractivity contribution is 0.223. The van der Waals surface area contributed by atoms with Gasteiger partial charge in [-0.05, 0) is 44.1 Å². The molecule has 0 aromatic heterocycles. The van der Waals surface area contributed by atoms with Gasteiger partial charge in [0.15, 0.2) is 0 Å². The summed E-state index contributed by atoms with van der Waals surface area (Å²) in [7, 11) is 0. The molecule has 1 rings (SSSR count). The number of nitrogens with one attached hydrogen (secondary N) is 2. The van der Waals surface area contributed by atoms with E-state index in [4.69, 9.17) is 5.11 Å². The normalized spacial score (nSPS) is 13.7. The van der Waals surface area contributed by atoms with Crippen LogP contribution in [0.5, 0.6) is 0 Å². The molecule has 0 bridgehead atoms. The van der Waals surface area contributed by atoms with E-state index in [-0.39, 0.29) is 18.7 Å². The summed E-state index contributed by atoms with van der Waals surface area (Å²) in [5.41, 5.74) is 2.30. The van der Waals surface area contributed by atoms with Crippen LogP contribution in [-0.2, 0) is 0 Å². The second kappa shape index (κ2) is 9.46. The summed E-state index contributed by atoms with van der Waals surface area (Å²) in [6, 6.07) is 7.99. The van der Waals surface area contributed by atoms with Crippen molar-refractivity contribution in [2.24, 2.45) is 11.8 Å². The first-order valence-electron chi connectivity index (χ1n) is 8.14. The molecule has 0 heterocycles. The van der Waals surface area contributed by atoms with Crippen LogP contribution in [0.15, 0.2) is 24.3 Å². The molecule has 2 unspecified atom stereocenters. The fourth-order valence-electron chi connectivity index (χ4n) is 2.58. The number of hydrogen-bond acceptors (Lipinski definition) is 2. The Morgan fingerprint density at radius 1 is 1.18 bits per heavy atom. The van der Waals surface area contributed by atoms with Crippen molar-refractivity contribution in [1.29, 1.82) is 0 Å². The average Bonchev–Trinajstić information content (AvgIpc) is 2.45. The van der Waals surface area contributed by atoms with E-state index in [1.165, 1.54) is 5.56 Å². The van der Waals surface area contributed by atoms with E-state index in [1.807, 2.05) is 38.1 Å². The smallest absolute Gasteiger partial charge is 0.315 e. The summed E-state index contributed by atoms with van der Waals surface area (Å²) in [5, 5.41) is 15.0. The van der Waals surface area contributed by atoms with Gasteiger partial charge in [0.1, 0.15) is 0 Å². The number of benzene rings is 1. The third-order valence-corrected chi connectivity index (χ3v) is 3.82. The molecule has 124 valence electrons. The topological polar surface area (TPSA) is 61.4 Å².